The number of carbonyl (C=O) groups is 2. The summed E-state index contributed by atoms with van der Waals surface area (Å²) in [6.45, 7) is 1.53. The number of aliphatic hydroxyl groups is 1. The number of amides is 1. The number of cyclic esters (lactones) is 1. The second-order valence-corrected chi connectivity index (χ2v) is 10.2. The first-order valence-corrected chi connectivity index (χ1v) is 12.8. The van der Waals surface area contributed by atoms with Gasteiger partial charge in [-0.25, -0.2) is 18.4 Å². The minimum Gasteiger partial charge on any atom is -0.490 e. The summed E-state index contributed by atoms with van der Waals surface area (Å²) in [7, 11) is 0. The Labute approximate surface area is 226 Å². The van der Waals surface area contributed by atoms with Crippen LogP contribution in [0.15, 0.2) is 41.3 Å². The van der Waals surface area contributed by atoms with Gasteiger partial charge in [0.1, 0.15) is 17.5 Å². The molecule has 2 aromatic carbocycles. The molecule has 10 nitrogen and oxygen atoms in total. The predicted octanol–water partition coefficient (Wildman–Crippen LogP) is 4.10. The summed E-state index contributed by atoms with van der Waals surface area (Å²) < 4.78 is 42.0. The van der Waals surface area contributed by atoms with Crippen LogP contribution in [-0.2, 0) is 4.74 Å². The number of anilines is 1. The lowest BCUT2D eigenvalue weighted by Gasteiger charge is -2.17. The smallest absolute Gasteiger partial charge is 0.414 e. The van der Waals surface area contributed by atoms with E-state index < -0.39 is 40.8 Å². The summed E-state index contributed by atoms with van der Waals surface area (Å²) in [6.07, 6.45) is 1.61. The van der Waals surface area contributed by atoms with E-state index in [1.165, 1.54) is 29.3 Å². The summed E-state index contributed by atoms with van der Waals surface area (Å²) in [5.74, 6) is -3.28. The lowest BCUT2D eigenvalue weighted by Crippen LogP contribution is -2.25. The van der Waals surface area contributed by atoms with Gasteiger partial charge in [0.25, 0.3) is 0 Å². The van der Waals surface area contributed by atoms with E-state index in [1.54, 1.807) is 11.5 Å². The molecule has 3 N–H and O–H groups in total. The molecule has 0 radical (unpaired) electrons. The molecule has 2 atom stereocenters. The van der Waals surface area contributed by atoms with E-state index >= 15 is 4.39 Å². The van der Waals surface area contributed by atoms with Gasteiger partial charge in [-0.1, -0.05) is 6.92 Å². The number of halogens is 2. The number of hydrogen-bond donors (Lipinski definition) is 3. The van der Waals surface area contributed by atoms with Gasteiger partial charge in [0.2, 0.25) is 5.43 Å². The topological polar surface area (TPSA) is 142 Å². The maximum atomic E-state index is 15.1. The van der Waals surface area contributed by atoms with Crippen molar-refractivity contribution < 1.29 is 38.1 Å². The largest absolute Gasteiger partial charge is 0.490 e. The molecule has 1 aromatic heterocycles. The van der Waals surface area contributed by atoms with Gasteiger partial charge in [0.05, 0.1) is 31.0 Å². The van der Waals surface area contributed by atoms with Crippen LogP contribution in [0.4, 0.5) is 19.3 Å². The molecule has 12 heteroatoms. The molecule has 210 valence electrons. The molecule has 1 saturated carbocycles. The van der Waals surface area contributed by atoms with Gasteiger partial charge in [-0.15, -0.1) is 0 Å². The van der Waals surface area contributed by atoms with E-state index in [0.29, 0.717) is 5.52 Å². The highest BCUT2D eigenvalue weighted by Gasteiger charge is 2.32. The van der Waals surface area contributed by atoms with Crippen LogP contribution in [0.3, 0.4) is 0 Å². The van der Waals surface area contributed by atoms with Crippen LogP contribution < -0.4 is 15.1 Å². The number of rotatable bonds is 10. The van der Waals surface area contributed by atoms with Crippen molar-refractivity contribution in [1.29, 1.82) is 5.41 Å². The number of carboxylic acids is 1. The number of nitrogens with zero attached hydrogens (tertiary/aromatic N) is 2. The zero-order valence-electron chi connectivity index (χ0n) is 21.5. The minimum absolute atomic E-state index is 0.00882. The van der Waals surface area contributed by atoms with Crippen LogP contribution in [0.2, 0.25) is 0 Å². The molecular formula is C28H27F2N3O7. The summed E-state index contributed by atoms with van der Waals surface area (Å²) >= 11 is 0. The molecule has 1 amide bonds. The second-order valence-electron chi connectivity index (χ2n) is 10.2. The molecule has 0 spiro atoms. The van der Waals surface area contributed by atoms with Crippen molar-refractivity contribution in [2.45, 2.75) is 38.3 Å². The van der Waals surface area contributed by atoms with Crippen molar-refractivity contribution in [1.82, 2.24) is 4.57 Å². The molecule has 0 bridgehead atoms. The lowest BCUT2D eigenvalue weighted by atomic mass is 9.97. The fraction of sp³-hybridized carbons (Fsp3) is 0.357. The monoisotopic (exact) mass is 555 g/mol. The summed E-state index contributed by atoms with van der Waals surface area (Å²) in [6, 6.07) is 6.40. The van der Waals surface area contributed by atoms with Gasteiger partial charge >= 0.3 is 12.1 Å². The highest BCUT2D eigenvalue weighted by atomic mass is 19.1. The Morgan fingerprint density at radius 3 is 2.55 bits per heavy atom. The first-order valence-electron chi connectivity index (χ1n) is 12.8. The highest BCUT2D eigenvalue weighted by molar-refractivity contribution is 6.02. The minimum atomic E-state index is -1.38. The third-order valence-electron chi connectivity index (χ3n) is 7.00. The Morgan fingerprint density at radius 1 is 1.18 bits per heavy atom. The first kappa shape index (κ1) is 27.3. The maximum Gasteiger partial charge on any atom is 0.414 e. The van der Waals surface area contributed by atoms with Crippen molar-refractivity contribution >= 4 is 34.4 Å². The number of aliphatic hydroxyl groups excluding tert-OH is 1. The number of aromatic nitrogens is 1. The Bertz CT molecular complexity index is 1580. The van der Waals surface area contributed by atoms with Gasteiger partial charge in [-0.05, 0) is 49.4 Å². The Balaban J connectivity index is 1.28. The zero-order chi connectivity index (χ0) is 28.7. The highest BCUT2D eigenvalue weighted by Crippen LogP contribution is 2.37. The summed E-state index contributed by atoms with van der Waals surface area (Å²) in [5, 5.41) is 27.0. The van der Waals surface area contributed by atoms with Crippen LogP contribution in [0, 0.1) is 23.0 Å². The molecule has 5 rings (SSSR count). The molecular weight excluding hydrogens is 528 g/mol. The normalized spacial score (nSPS) is 17.6. The number of ether oxygens (including phenoxy) is 2. The number of hydrogen-bond acceptors (Lipinski definition) is 7. The molecule has 0 unspecified atom stereocenters. The second kappa shape index (κ2) is 10.7. The third-order valence-corrected chi connectivity index (χ3v) is 7.00. The van der Waals surface area contributed by atoms with Crippen molar-refractivity contribution in [2.24, 2.45) is 5.92 Å². The molecule has 40 heavy (non-hydrogen) atoms. The standard InChI is InChI=1S/C28H27F2N3O7/c1-14(13-39-25-5-4-16(7-22(25)30)33-10-17(12-34)40-28(33)38)6-23(31)18-9-24-19(8-21(18)29)26(35)20(27(36)37)11-32(24)15-2-3-15/h4-5,7-9,11,14-15,17,31,34H,2-3,6,10,12-13H2,1H3,(H,36,37)/t14-,17-/m1/s1. The van der Waals surface area contributed by atoms with Gasteiger partial charge in [0, 0.05) is 35.0 Å². The average Bonchev–Trinajstić information content (AvgIpc) is 3.68. The Morgan fingerprint density at radius 2 is 1.93 bits per heavy atom. The molecule has 3 aromatic rings. The molecule has 1 aliphatic carbocycles. The number of fused-ring (bicyclic) bond motifs is 1. The van der Waals surface area contributed by atoms with Gasteiger partial charge in [-0.3, -0.25) is 9.69 Å². The van der Waals surface area contributed by atoms with Crippen molar-refractivity contribution in [3.63, 3.8) is 0 Å². The van der Waals surface area contributed by atoms with E-state index in [2.05, 4.69) is 0 Å². The molecule has 2 fully saturated rings. The van der Waals surface area contributed by atoms with E-state index in [-0.39, 0.29) is 66.2 Å². The number of benzene rings is 2. The van der Waals surface area contributed by atoms with E-state index in [9.17, 15) is 29.0 Å². The SMILES string of the molecule is C[C@@H](COc1ccc(N2C[C@H](CO)OC2=O)cc1F)CC(=N)c1cc2c(cc1F)c(=O)c(C(=O)O)cn2C1CC1. The van der Waals surface area contributed by atoms with Crippen LogP contribution >= 0.6 is 0 Å². The fourth-order valence-corrected chi connectivity index (χ4v) is 4.76. The zero-order valence-corrected chi connectivity index (χ0v) is 21.5. The Kier molecular flexibility index (Phi) is 7.28. The summed E-state index contributed by atoms with van der Waals surface area (Å²) in [5.41, 5.74) is -0.632. The fourth-order valence-electron chi connectivity index (χ4n) is 4.76. The molecule has 2 heterocycles. The van der Waals surface area contributed by atoms with Crippen molar-refractivity contribution in [3.05, 3.63) is 69.5 Å². The number of aromatic carboxylic acids is 1. The van der Waals surface area contributed by atoms with Gasteiger partial charge < -0.3 is 29.7 Å². The molecule has 2 aliphatic rings. The van der Waals surface area contributed by atoms with Crippen LogP contribution in [0.25, 0.3) is 10.9 Å². The van der Waals surface area contributed by atoms with Crippen LogP contribution in [0.5, 0.6) is 5.75 Å². The quantitative estimate of drug-likeness (QED) is 0.320. The van der Waals surface area contributed by atoms with Gasteiger partial charge in [0.15, 0.2) is 11.6 Å². The lowest BCUT2D eigenvalue weighted by molar-refractivity contribution is 0.0694. The van der Waals surface area contributed by atoms with E-state index in [4.69, 9.17) is 14.9 Å². The van der Waals surface area contributed by atoms with E-state index in [1.807, 2.05) is 0 Å². The maximum absolute atomic E-state index is 15.1. The first-order chi connectivity index (χ1) is 19.1. The van der Waals surface area contributed by atoms with Crippen molar-refractivity contribution in [2.75, 3.05) is 24.7 Å². The number of nitrogens with one attached hydrogen (secondary N) is 1. The number of pyridine rings is 1. The summed E-state index contributed by atoms with van der Waals surface area (Å²) in [4.78, 5) is 37.3. The predicted molar refractivity (Wildman–Crippen MR) is 141 cm³/mol. The van der Waals surface area contributed by atoms with Crippen molar-refractivity contribution in [3.8, 4) is 5.75 Å². The molecule has 1 saturated heterocycles. The molecule has 1 aliphatic heterocycles. The Hall–Kier alpha value is -4.32. The van der Waals surface area contributed by atoms with E-state index in [0.717, 1.165) is 25.0 Å². The number of carboxylic acid groups (broad SMARTS) is 1. The third kappa shape index (κ3) is 5.26. The average molecular weight is 556 g/mol. The van der Waals surface area contributed by atoms with Gasteiger partial charge in [-0.2, -0.15) is 0 Å². The number of carbonyl (C=O) groups excluding carboxylic acids is 1. The van der Waals surface area contributed by atoms with Crippen LogP contribution in [0.1, 0.15) is 48.1 Å². The van der Waals surface area contributed by atoms with Crippen LogP contribution in [-0.4, -0.2) is 58.4 Å².